The fourth-order valence-electron chi connectivity index (χ4n) is 7.49. The predicted octanol–water partition coefficient (Wildman–Crippen LogP) is 13.6. The number of nitrogens with zero attached hydrogens (tertiary/aromatic N) is 6. The van der Waals surface area contributed by atoms with Crippen molar-refractivity contribution in [1.29, 1.82) is 0 Å². The Morgan fingerprint density at radius 3 is 1.31 bits per heavy atom. The molecule has 10 rings (SSSR count). The maximum atomic E-state index is 12.3. The first-order valence-corrected chi connectivity index (χ1v) is 22.5. The SMILES string of the molecule is CS(=O)c1ccc(Cl)cc1-c1cc(-n2c3ccccc3c3ccccc32)nc(Cl)n1.CSc1ccc(Cl)cc1-c1cc(-n2c3ccccc3c3ccccc32)nc(Cl)n1. The van der Waals surface area contributed by atoms with Crippen molar-refractivity contribution in [2.45, 2.75) is 9.79 Å². The first kappa shape index (κ1) is 39.2. The molecule has 13 heteroatoms. The summed E-state index contributed by atoms with van der Waals surface area (Å²) in [6.07, 6.45) is 3.66. The van der Waals surface area contributed by atoms with E-state index in [-0.39, 0.29) is 10.6 Å². The van der Waals surface area contributed by atoms with Crippen molar-refractivity contribution in [3.05, 3.63) is 166 Å². The highest BCUT2D eigenvalue weighted by Gasteiger charge is 2.19. The summed E-state index contributed by atoms with van der Waals surface area (Å²) in [6.45, 7) is 0. The minimum Gasteiger partial charge on any atom is -0.294 e. The second-order valence-corrected chi connectivity index (χ2v) is 17.2. The van der Waals surface area contributed by atoms with Crippen LogP contribution in [-0.2, 0) is 10.8 Å². The summed E-state index contributed by atoms with van der Waals surface area (Å²) >= 11 is 26.9. The fourth-order valence-corrected chi connectivity index (χ4v) is 9.51. The predicted molar refractivity (Wildman–Crippen MR) is 248 cm³/mol. The molecule has 0 aliphatic rings. The minimum absolute atomic E-state index is 0.108. The average Bonchev–Trinajstić information content (AvgIpc) is 3.76. The summed E-state index contributed by atoms with van der Waals surface area (Å²) in [7, 11) is -1.21. The van der Waals surface area contributed by atoms with E-state index in [4.69, 9.17) is 46.4 Å². The van der Waals surface area contributed by atoms with Crippen molar-refractivity contribution in [3.8, 4) is 34.2 Å². The maximum Gasteiger partial charge on any atom is 0.224 e. The molecule has 4 aromatic heterocycles. The zero-order valence-corrected chi connectivity index (χ0v) is 35.9. The van der Waals surface area contributed by atoms with Gasteiger partial charge in [0.1, 0.15) is 11.6 Å². The molecule has 290 valence electrons. The van der Waals surface area contributed by atoms with Crippen molar-refractivity contribution in [1.82, 2.24) is 29.1 Å². The molecule has 0 fully saturated rings. The molecule has 0 aliphatic carbocycles. The fraction of sp³-hybridized carbons (Fsp3) is 0.0435. The Bertz CT molecular complexity index is 3170. The average molecular weight is 889 g/mol. The van der Waals surface area contributed by atoms with Crippen LogP contribution in [0.2, 0.25) is 20.6 Å². The highest BCUT2D eigenvalue weighted by Crippen LogP contribution is 2.37. The Hall–Kier alpha value is -5.26. The normalized spacial score (nSPS) is 12.0. The van der Waals surface area contributed by atoms with E-state index in [1.54, 1.807) is 36.2 Å². The molecule has 0 aliphatic heterocycles. The van der Waals surface area contributed by atoms with E-state index in [2.05, 4.69) is 77.6 Å². The number of fused-ring (bicyclic) bond motifs is 6. The molecule has 4 heterocycles. The first-order valence-electron chi connectivity index (χ1n) is 18.2. The standard InChI is InChI=1S/C23H15Cl2N3OS.C23H15Cl2N3S/c1-30(29)21-11-10-14(24)12-17(21)18-13-22(27-23(25)26-18)28-19-8-4-2-6-15(19)16-7-3-5-9-20(16)28;1-29-21-11-10-14(24)12-17(21)18-13-22(27-23(25)26-18)28-19-8-4-2-6-15(19)16-7-3-5-9-20(16)28/h2-13H,1H3;2-13H,1H3. The molecule has 0 amide bonds. The Morgan fingerprint density at radius 2 is 0.881 bits per heavy atom. The maximum absolute atomic E-state index is 12.3. The van der Waals surface area contributed by atoms with Gasteiger partial charge >= 0.3 is 0 Å². The first-order chi connectivity index (χ1) is 28.7. The van der Waals surface area contributed by atoms with Crippen LogP contribution in [0.4, 0.5) is 0 Å². The number of para-hydroxylation sites is 4. The lowest BCUT2D eigenvalue weighted by Gasteiger charge is -2.11. The van der Waals surface area contributed by atoms with Gasteiger partial charge in [-0.25, -0.2) is 9.97 Å². The van der Waals surface area contributed by atoms with E-state index in [1.165, 1.54) is 10.8 Å². The Labute approximate surface area is 366 Å². The van der Waals surface area contributed by atoms with Crippen molar-refractivity contribution < 1.29 is 4.21 Å². The molecule has 6 aromatic carbocycles. The third-order valence-electron chi connectivity index (χ3n) is 9.95. The van der Waals surface area contributed by atoms with Crippen LogP contribution in [0.3, 0.4) is 0 Å². The monoisotopic (exact) mass is 886 g/mol. The molecule has 7 nitrogen and oxygen atoms in total. The lowest BCUT2D eigenvalue weighted by Crippen LogP contribution is -2.02. The van der Waals surface area contributed by atoms with Crippen molar-refractivity contribution in [2.75, 3.05) is 12.5 Å². The number of hydrogen-bond donors (Lipinski definition) is 0. The van der Waals surface area contributed by atoms with E-state index in [0.717, 1.165) is 54.8 Å². The van der Waals surface area contributed by atoms with Crippen LogP contribution in [0.15, 0.2) is 155 Å². The highest BCUT2D eigenvalue weighted by molar-refractivity contribution is 7.98. The van der Waals surface area contributed by atoms with E-state index in [1.807, 2.05) is 85.1 Å². The zero-order chi connectivity index (χ0) is 40.8. The Morgan fingerprint density at radius 1 is 0.492 bits per heavy atom. The van der Waals surface area contributed by atoms with Crippen LogP contribution in [0.5, 0.6) is 0 Å². The third-order valence-corrected chi connectivity index (χ3v) is 12.5. The molecular formula is C46H30Cl4N6OS2. The lowest BCUT2D eigenvalue weighted by molar-refractivity contribution is 0.687. The van der Waals surface area contributed by atoms with Crippen molar-refractivity contribution in [3.63, 3.8) is 0 Å². The molecule has 0 spiro atoms. The largest absolute Gasteiger partial charge is 0.294 e. The molecule has 0 saturated carbocycles. The second kappa shape index (κ2) is 16.4. The van der Waals surface area contributed by atoms with Crippen LogP contribution < -0.4 is 0 Å². The molecule has 0 bridgehead atoms. The van der Waals surface area contributed by atoms with Gasteiger partial charge in [-0.2, -0.15) is 9.97 Å². The van der Waals surface area contributed by atoms with Gasteiger partial charge in [0.05, 0.1) is 44.3 Å². The summed E-state index contributed by atoms with van der Waals surface area (Å²) in [6, 6.07) is 47.8. The topological polar surface area (TPSA) is 78.5 Å². The van der Waals surface area contributed by atoms with Gasteiger partial charge in [0.15, 0.2) is 0 Å². The highest BCUT2D eigenvalue weighted by atomic mass is 35.5. The van der Waals surface area contributed by atoms with Gasteiger partial charge in [0, 0.05) is 70.9 Å². The molecule has 10 aromatic rings. The molecule has 0 radical (unpaired) electrons. The van der Waals surface area contributed by atoms with Crippen LogP contribution in [0.1, 0.15) is 0 Å². The van der Waals surface area contributed by atoms with Gasteiger partial charge in [-0.05, 0) is 90.1 Å². The quantitative estimate of drug-likeness (QED) is 0.122. The molecule has 1 unspecified atom stereocenters. The molecular weight excluding hydrogens is 858 g/mol. The van der Waals surface area contributed by atoms with E-state index >= 15 is 0 Å². The van der Waals surface area contributed by atoms with Crippen molar-refractivity contribution in [2.24, 2.45) is 0 Å². The van der Waals surface area contributed by atoms with Gasteiger partial charge in [0.2, 0.25) is 10.6 Å². The molecule has 0 N–H and O–H groups in total. The van der Waals surface area contributed by atoms with Gasteiger partial charge < -0.3 is 0 Å². The second-order valence-electron chi connectivity index (χ2n) is 13.4. The third kappa shape index (κ3) is 7.48. The summed E-state index contributed by atoms with van der Waals surface area (Å²) < 4.78 is 16.5. The van der Waals surface area contributed by atoms with Crippen LogP contribution in [0, 0.1) is 0 Å². The zero-order valence-electron chi connectivity index (χ0n) is 31.3. The Balaban J connectivity index is 0.000000152. The summed E-state index contributed by atoms with van der Waals surface area (Å²) in [5.74, 6) is 1.36. The molecule has 1 atom stereocenters. The van der Waals surface area contributed by atoms with Crippen LogP contribution in [-0.4, -0.2) is 45.8 Å². The number of rotatable bonds is 6. The van der Waals surface area contributed by atoms with Crippen molar-refractivity contribution >= 4 is 113 Å². The number of hydrogen-bond acceptors (Lipinski definition) is 6. The molecule has 0 saturated heterocycles. The van der Waals surface area contributed by atoms with Crippen LogP contribution >= 0.6 is 58.2 Å². The van der Waals surface area contributed by atoms with E-state index in [9.17, 15) is 4.21 Å². The van der Waals surface area contributed by atoms with Gasteiger partial charge in [-0.15, -0.1) is 11.8 Å². The summed E-state index contributed by atoms with van der Waals surface area (Å²) in [5, 5.41) is 6.10. The summed E-state index contributed by atoms with van der Waals surface area (Å²) in [4.78, 5) is 19.7. The Kier molecular flexibility index (Phi) is 10.9. The number of benzene rings is 6. The minimum atomic E-state index is -1.21. The van der Waals surface area contributed by atoms with Gasteiger partial charge in [0.25, 0.3) is 0 Å². The van der Waals surface area contributed by atoms with E-state index < -0.39 is 10.8 Å². The number of aromatic nitrogens is 6. The summed E-state index contributed by atoms with van der Waals surface area (Å²) in [5.41, 5.74) is 7.12. The number of thioether (sulfide) groups is 1. The molecule has 59 heavy (non-hydrogen) atoms. The lowest BCUT2D eigenvalue weighted by atomic mass is 10.1. The number of halogens is 4. The van der Waals surface area contributed by atoms with E-state index in [0.29, 0.717) is 32.0 Å². The van der Waals surface area contributed by atoms with Gasteiger partial charge in [-0.1, -0.05) is 96.0 Å². The van der Waals surface area contributed by atoms with Gasteiger partial charge in [-0.3, -0.25) is 13.3 Å². The van der Waals surface area contributed by atoms with Crippen LogP contribution in [0.25, 0.3) is 77.8 Å². The smallest absolute Gasteiger partial charge is 0.224 e.